The van der Waals surface area contributed by atoms with Gasteiger partial charge < -0.3 is 15.0 Å². The van der Waals surface area contributed by atoms with Crippen molar-refractivity contribution in [3.05, 3.63) is 29.8 Å². The molecule has 0 radical (unpaired) electrons. The lowest BCUT2D eigenvalue weighted by molar-refractivity contribution is -0.130. The molecule has 1 N–H and O–H groups in total. The van der Waals surface area contributed by atoms with Crippen LogP contribution in [0, 0.1) is 11.3 Å². The lowest BCUT2D eigenvalue weighted by Crippen LogP contribution is -2.41. The van der Waals surface area contributed by atoms with Gasteiger partial charge >= 0.3 is 0 Å². The number of hydrogen-bond donors (Lipinski definition) is 1. The molecular weight excluding hydrogens is 282 g/mol. The van der Waals surface area contributed by atoms with Crippen LogP contribution in [0.4, 0.5) is 5.69 Å². The standard InChI is InChI=1S/C16H19N3O3/c1-12(20)19(14-5-2-4-13(10-14)11-17)8-7-18-16(21)15-6-3-9-22-15/h2,4-5,10,15H,3,6-9H2,1H3,(H,18,21). The van der Waals surface area contributed by atoms with E-state index in [0.717, 1.165) is 12.8 Å². The number of ether oxygens (including phenoxy) is 1. The highest BCUT2D eigenvalue weighted by Crippen LogP contribution is 2.16. The van der Waals surface area contributed by atoms with Gasteiger partial charge in [-0.2, -0.15) is 5.26 Å². The van der Waals surface area contributed by atoms with Gasteiger partial charge in [-0.05, 0) is 31.0 Å². The van der Waals surface area contributed by atoms with E-state index in [1.807, 2.05) is 6.07 Å². The summed E-state index contributed by atoms with van der Waals surface area (Å²) in [7, 11) is 0. The van der Waals surface area contributed by atoms with Crippen molar-refractivity contribution in [1.82, 2.24) is 5.32 Å². The summed E-state index contributed by atoms with van der Waals surface area (Å²) in [4.78, 5) is 25.2. The second-order valence-corrected chi connectivity index (χ2v) is 5.13. The number of carbonyl (C=O) groups excluding carboxylic acids is 2. The zero-order valence-electron chi connectivity index (χ0n) is 12.5. The van der Waals surface area contributed by atoms with Gasteiger partial charge in [-0.1, -0.05) is 6.07 Å². The summed E-state index contributed by atoms with van der Waals surface area (Å²) >= 11 is 0. The number of hydrogen-bond acceptors (Lipinski definition) is 4. The maximum Gasteiger partial charge on any atom is 0.249 e. The number of nitriles is 1. The van der Waals surface area contributed by atoms with E-state index in [4.69, 9.17) is 10.00 Å². The average molecular weight is 301 g/mol. The molecule has 0 aromatic heterocycles. The summed E-state index contributed by atoms with van der Waals surface area (Å²) < 4.78 is 5.31. The van der Waals surface area contributed by atoms with Gasteiger partial charge in [0.25, 0.3) is 0 Å². The Kier molecular flexibility index (Phi) is 5.50. The van der Waals surface area contributed by atoms with Crippen molar-refractivity contribution in [3.63, 3.8) is 0 Å². The Morgan fingerprint density at radius 2 is 2.32 bits per heavy atom. The number of rotatable bonds is 5. The molecule has 0 saturated carbocycles. The highest BCUT2D eigenvalue weighted by Gasteiger charge is 2.23. The molecule has 0 spiro atoms. The molecule has 22 heavy (non-hydrogen) atoms. The van der Waals surface area contributed by atoms with Crippen molar-refractivity contribution < 1.29 is 14.3 Å². The summed E-state index contributed by atoms with van der Waals surface area (Å²) in [5, 5.41) is 11.7. The quantitative estimate of drug-likeness (QED) is 0.886. The SMILES string of the molecule is CC(=O)N(CCNC(=O)C1CCCO1)c1cccc(C#N)c1. The number of nitrogens with zero attached hydrogens (tertiary/aromatic N) is 2. The first-order valence-corrected chi connectivity index (χ1v) is 7.29. The van der Waals surface area contributed by atoms with Gasteiger partial charge in [0.1, 0.15) is 6.10 Å². The Balaban J connectivity index is 1.93. The monoisotopic (exact) mass is 301 g/mol. The van der Waals surface area contributed by atoms with Crippen LogP contribution in [0.5, 0.6) is 0 Å². The largest absolute Gasteiger partial charge is 0.368 e. The maximum absolute atomic E-state index is 11.9. The molecule has 1 unspecified atom stereocenters. The van der Waals surface area contributed by atoms with E-state index >= 15 is 0 Å². The van der Waals surface area contributed by atoms with Crippen LogP contribution in [0.25, 0.3) is 0 Å². The number of carbonyl (C=O) groups is 2. The molecule has 1 aromatic carbocycles. The number of benzene rings is 1. The topological polar surface area (TPSA) is 82.4 Å². The predicted octanol–water partition coefficient (Wildman–Crippen LogP) is 1.21. The van der Waals surface area contributed by atoms with Gasteiger partial charge in [-0.15, -0.1) is 0 Å². The minimum Gasteiger partial charge on any atom is -0.368 e. The maximum atomic E-state index is 11.9. The first kappa shape index (κ1) is 16.0. The van der Waals surface area contributed by atoms with Crippen LogP contribution in [-0.2, 0) is 14.3 Å². The molecule has 6 heteroatoms. The van der Waals surface area contributed by atoms with Gasteiger partial charge in [-0.3, -0.25) is 9.59 Å². The smallest absolute Gasteiger partial charge is 0.249 e. The normalized spacial score (nSPS) is 16.8. The van der Waals surface area contributed by atoms with Crippen LogP contribution in [0.15, 0.2) is 24.3 Å². The third-order valence-corrected chi connectivity index (χ3v) is 3.52. The van der Waals surface area contributed by atoms with Crippen molar-refractivity contribution in [2.24, 2.45) is 0 Å². The fourth-order valence-corrected chi connectivity index (χ4v) is 2.40. The summed E-state index contributed by atoms with van der Waals surface area (Å²) in [5.74, 6) is -0.270. The van der Waals surface area contributed by atoms with Crippen LogP contribution >= 0.6 is 0 Å². The van der Waals surface area contributed by atoms with Crippen LogP contribution in [0.1, 0.15) is 25.3 Å². The van der Waals surface area contributed by atoms with Crippen LogP contribution < -0.4 is 10.2 Å². The zero-order valence-corrected chi connectivity index (χ0v) is 12.5. The van der Waals surface area contributed by atoms with Gasteiger partial charge in [-0.25, -0.2) is 0 Å². The van der Waals surface area contributed by atoms with Crippen molar-refractivity contribution in [2.75, 3.05) is 24.6 Å². The van der Waals surface area contributed by atoms with Gasteiger partial charge in [0.2, 0.25) is 11.8 Å². The molecule has 116 valence electrons. The molecule has 1 fully saturated rings. The van der Waals surface area contributed by atoms with E-state index in [0.29, 0.717) is 30.9 Å². The Hall–Kier alpha value is -2.39. The average Bonchev–Trinajstić information content (AvgIpc) is 3.05. The third-order valence-electron chi connectivity index (χ3n) is 3.52. The molecule has 0 bridgehead atoms. The van der Waals surface area contributed by atoms with Gasteiger partial charge in [0, 0.05) is 32.3 Å². The molecule has 2 rings (SSSR count). The lowest BCUT2D eigenvalue weighted by atomic mass is 10.2. The fourth-order valence-electron chi connectivity index (χ4n) is 2.40. The summed E-state index contributed by atoms with van der Waals surface area (Å²) in [6.07, 6.45) is 1.28. The fraction of sp³-hybridized carbons (Fsp3) is 0.438. The van der Waals surface area contributed by atoms with Crippen molar-refractivity contribution >= 4 is 17.5 Å². The Bertz CT molecular complexity index is 589. The molecule has 1 aromatic rings. The van der Waals surface area contributed by atoms with Gasteiger partial charge in [0.05, 0.1) is 11.6 Å². The van der Waals surface area contributed by atoms with Crippen LogP contribution in [0.3, 0.4) is 0 Å². The molecule has 1 heterocycles. The van der Waals surface area contributed by atoms with Crippen molar-refractivity contribution in [1.29, 1.82) is 5.26 Å². The van der Waals surface area contributed by atoms with E-state index < -0.39 is 0 Å². The minimum absolute atomic E-state index is 0.133. The Labute approximate surface area is 129 Å². The van der Waals surface area contributed by atoms with Crippen LogP contribution in [-0.4, -0.2) is 37.6 Å². The lowest BCUT2D eigenvalue weighted by Gasteiger charge is -2.22. The number of amides is 2. The highest BCUT2D eigenvalue weighted by atomic mass is 16.5. The molecule has 1 aliphatic heterocycles. The molecule has 6 nitrogen and oxygen atoms in total. The molecule has 1 atom stereocenters. The van der Waals surface area contributed by atoms with E-state index in [1.54, 1.807) is 24.3 Å². The third kappa shape index (κ3) is 4.06. The number of anilines is 1. The summed E-state index contributed by atoms with van der Waals surface area (Å²) in [6, 6.07) is 8.88. The van der Waals surface area contributed by atoms with Crippen molar-refractivity contribution in [3.8, 4) is 6.07 Å². The zero-order chi connectivity index (χ0) is 15.9. The molecule has 0 aliphatic carbocycles. The Morgan fingerprint density at radius 3 is 2.95 bits per heavy atom. The Morgan fingerprint density at radius 1 is 1.50 bits per heavy atom. The predicted molar refractivity (Wildman–Crippen MR) is 81.2 cm³/mol. The molecule has 1 saturated heterocycles. The second kappa shape index (κ2) is 7.57. The molecule has 1 aliphatic rings. The minimum atomic E-state index is -0.368. The second-order valence-electron chi connectivity index (χ2n) is 5.13. The molecular formula is C16H19N3O3. The van der Waals surface area contributed by atoms with Crippen LogP contribution in [0.2, 0.25) is 0 Å². The van der Waals surface area contributed by atoms with Crippen molar-refractivity contribution in [2.45, 2.75) is 25.9 Å². The summed E-state index contributed by atoms with van der Waals surface area (Å²) in [5.41, 5.74) is 1.14. The van der Waals surface area contributed by atoms with E-state index in [9.17, 15) is 9.59 Å². The van der Waals surface area contributed by atoms with Gasteiger partial charge in [0.15, 0.2) is 0 Å². The first-order chi connectivity index (χ1) is 10.6. The highest BCUT2D eigenvalue weighted by molar-refractivity contribution is 5.91. The van der Waals surface area contributed by atoms with E-state index in [1.165, 1.54) is 11.8 Å². The molecule has 2 amide bonds. The van der Waals surface area contributed by atoms with E-state index in [-0.39, 0.29) is 17.9 Å². The number of nitrogens with one attached hydrogen (secondary N) is 1. The first-order valence-electron chi connectivity index (χ1n) is 7.29. The summed E-state index contributed by atoms with van der Waals surface area (Å²) in [6.45, 7) is 2.78. The van der Waals surface area contributed by atoms with E-state index in [2.05, 4.69) is 5.32 Å².